The molecule has 0 atom stereocenters. The van der Waals surface area contributed by atoms with E-state index < -0.39 is 0 Å². The molecule has 0 spiro atoms. The minimum atomic E-state index is -0.203. The van der Waals surface area contributed by atoms with Gasteiger partial charge in [-0.2, -0.15) is 5.10 Å². The molecule has 0 saturated carbocycles. The number of aromatic nitrogens is 2. The lowest BCUT2D eigenvalue weighted by atomic mass is 10.1. The summed E-state index contributed by atoms with van der Waals surface area (Å²) in [5, 5.41) is 10.0. The molecule has 2 amide bonds. The van der Waals surface area contributed by atoms with Crippen LogP contribution >= 0.6 is 0 Å². The van der Waals surface area contributed by atoms with Crippen LogP contribution in [0.3, 0.4) is 0 Å². The Kier molecular flexibility index (Phi) is 5.35. The molecule has 0 radical (unpaired) electrons. The van der Waals surface area contributed by atoms with Crippen molar-refractivity contribution < 1.29 is 9.59 Å². The number of likely N-dealkylation sites (N-methyl/N-ethyl adjacent to an activating group) is 1. The summed E-state index contributed by atoms with van der Waals surface area (Å²) in [7, 11) is 1.61. The number of hydrogen-bond acceptors (Lipinski definition) is 3. The van der Waals surface area contributed by atoms with Gasteiger partial charge in [0.25, 0.3) is 5.91 Å². The van der Waals surface area contributed by atoms with Gasteiger partial charge in [0.2, 0.25) is 5.91 Å². The van der Waals surface area contributed by atoms with Gasteiger partial charge < -0.3 is 10.6 Å². The van der Waals surface area contributed by atoms with Gasteiger partial charge in [-0.3, -0.25) is 9.59 Å². The summed E-state index contributed by atoms with van der Waals surface area (Å²) in [5.74, 6) is -0.252. The van der Waals surface area contributed by atoms with Gasteiger partial charge >= 0.3 is 0 Å². The fourth-order valence-electron chi connectivity index (χ4n) is 2.97. The standard InChI is InChI=1S/C21H22N4O2/c1-14-20(15(2)25(24-14)18-7-5-4-6-8-18)21(27)23-17-11-9-16(10-12-17)13-19(26)22-3/h4-12H,13H2,1-3H3,(H,22,26)(H,23,27). The maximum atomic E-state index is 12.8. The summed E-state index contributed by atoms with van der Waals surface area (Å²) in [4.78, 5) is 24.2. The summed E-state index contributed by atoms with van der Waals surface area (Å²) in [5.41, 5.74) is 4.49. The molecule has 6 nitrogen and oxygen atoms in total. The van der Waals surface area contributed by atoms with E-state index in [4.69, 9.17) is 0 Å². The Morgan fingerprint density at radius 2 is 1.67 bits per heavy atom. The van der Waals surface area contributed by atoms with Gasteiger partial charge in [0.1, 0.15) is 0 Å². The Morgan fingerprint density at radius 1 is 1.00 bits per heavy atom. The van der Waals surface area contributed by atoms with Gasteiger partial charge in [-0.1, -0.05) is 30.3 Å². The zero-order valence-corrected chi connectivity index (χ0v) is 15.6. The van der Waals surface area contributed by atoms with E-state index in [1.807, 2.05) is 56.3 Å². The minimum absolute atomic E-state index is 0.0497. The van der Waals surface area contributed by atoms with E-state index in [2.05, 4.69) is 15.7 Å². The van der Waals surface area contributed by atoms with E-state index >= 15 is 0 Å². The highest BCUT2D eigenvalue weighted by atomic mass is 16.2. The lowest BCUT2D eigenvalue weighted by Crippen LogP contribution is -2.20. The van der Waals surface area contributed by atoms with Crippen LogP contribution in [0.25, 0.3) is 5.69 Å². The summed E-state index contributed by atoms with van der Waals surface area (Å²) < 4.78 is 1.77. The molecule has 0 aliphatic carbocycles. The van der Waals surface area contributed by atoms with Gasteiger partial charge in [-0.15, -0.1) is 0 Å². The molecule has 1 heterocycles. The van der Waals surface area contributed by atoms with Crippen molar-refractivity contribution in [3.8, 4) is 5.69 Å². The number of carbonyl (C=O) groups excluding carboxylic acids is 2. The number of hydrogen-bond donors (Lipinski definition) is 2. The van der Waals surface area contributed by atoms with Crippen molar-refractivity contribution in [2.24, 2.45) is 0 Å². The zero-order chi connectivity index (χ0) is 19.4. The second-order valence-corrected chi connectivity index (χ2v) is 6.29. The number of para-hydroxylation sites is 1. The maximum Gasteiger partial charge on any atom is 0.259 e. The van der Waals surface area contributed by atoms with Gasteiger partial charge in [0.15, 0.2) is 0 Å². The Balaban J connectivity index is 1.79. The second kappa shape index (κ2) is 7.86. The number of nitrogens with zero attached hydrogens (tertiary/aromatic N) is 2. The van der Waals surface area contributed by atoms with Crippen molar-refractivity contribution >= 4 is 17.5 Å². The lowest BCUT2D eigenvalue weighted by Gasteiger charge is -2.08. The van der Waals surface area contributed by atoms with Crippen LogP contribution < -0.4 is 10.6 Å². The highest BCUT2D eigenvalue weighted by Crippen LogP contribution is 2.20. The number of amides is 2. The van der Waals surface area contributed by atoms with Crippen LogP contribution in [0.15, 0.2) is 54.6 Å². The topological polar surface area (TPSA) is 76.0 Å². The molecule has 138 valence electrons. The van der Waals surface area contributed by atoms with Crippen LogP contribution in [0.2, 0.25) is 0 Å². The Bertz CT molecular complexity index is 960. The summed E-state index contributed by atoms with van der Waals surface area (Å²) >= 11 is 0. The Morgan fingerprint density at radius 3 is 2.30 bits per heavy atom. The van der Waals surface area contributed by atoms with E-state index in [0.29, 0.717) is 23.4 Å². The molecular weight excluding hydrogens is 340 g/mol. The molecular formula is C21H22N4O2. The number of nitrogens with one attached hydrogen (secondary N) is 2. The highest BCUT2D eigenvalue weighted by molar-refractivity contribution is 6.06. The van der Waals surface area contributed by atoms with Gasteiger partial charge in [0, 0.05) is 12.7 Å². The van der Waals surface area contributed by atoms with E-state index in [1.165, 1.54) is 0 Å². The van der Waals surface area contributed by atoms with Crippen LogP contribution in [0.5, 0.6) is 0 Å². The van der Waals surface area contributed by atoms with Crippen LogP contribution in [0, 0.1) is 13.8 Å². The number of carbonyl (C=O) groups is 2. The summed E-state index contributed by atoms with van der Waals surface area (Å²) in [6, 6.07) is 17.0. The average Bonchev–Trinajstić information content (AvgIpc) is 2.98. The Hall–Kier alpha value is -3.41. The lowest BCUT2D eigenvalue weighted by molar-refractivity contribution is -0.119. The van der Waals surface area contributed by atoms with E-state index in [0.717, 1.165) is 16.9 Å². The summed E-state index contributed by atoms with van der Waals surface area (Å²) in [6.07, 6.45) is 0.312. The highest BCUT2D eigenvalue weighted by Gasteiger charge is 2.19. The molecule has 6 heteroatoms. The van der Waals surface area contributed by atoms with Crippen molar-refractivity contribution in [3.05, 3.63) is 77.1 Å². The molecule has 1 aromatic heterocycles. The quantitative estimate of drug-likeness (QED) is 0.732. The molecule has 0 aliphatic rings. The zero-order valence-electron chi connectivity index (χ0n) is 15.6. The molecule has 27 heavy (non-hydrogen) atoms. The first kappa shape index (κ1) is 18.4. The van der Waals surface area contributed by atoms with Crippen LogP contribution in [-0.4, -0.2) is 28.6 Å². The Labute approximate surface area is 158 Å². The number of aryl methyl sites for hydroxylation is 1. The van der Waals surface area contributed by atoms with Crippen molar-refractivity contribution in [2.45, 2.75) is 20.3 Å². The number of anilines is 1. The molecule has 0 unspecified atom stereocenters. The molecule has 0 aliphatic heterocycles. The number of benzene rings is 2. The first-order valence-corrected chi connectivity index (χ1v) is 8.72. The van der Waals surface area contributed by atoms with E-state index in [-0.39, 0.29) is 11.8 Å². The van der Waals surface area contributed by atoms with Crippen LogP contribution in [-0.2, 0) is 11.2 Å². The third kappa shape index (κ3) is 4.06. The molecule has 0 fully saturated rings. The SMILES string of the molecule is CNC(=O)Cc1ccc(NC(=O)c2c(C)nn(-c3ccccc3)c2C)cc1. The largest absolute Gasteiger partial charge is 0.359 e. The molecule has 0 saturated heterocycles. The molecule has 3 rings (SSSR count). The second-order valence-electron chi connectivity index (χ2n) is 6.29. The normalized spacial score (nSPS) is 10.5. The maximum absolute atomic E-state index is 12.8. The molecule has 0 bridgehead atoms. The van der Waals surface area contributed by atoms with E-state index in [9.17, 15) is 9.59 Å². The average molecular weight is 362 g/mol. The fraction of sp³-hybridized carbons (Fsp3) is 0.190. The first-order valence-electron chi connectivity index (χ1n) is 8.72. The van der Waals surface area contributed by atoms with Crippen LogP contribution in [0.1, 0.15) is 27.3 Å². The van der Waals surface area contributed by atoms with Crippen molar-refractivity contribution in [1.29, 1.82) is 0 Å². The third-order valence-electron chi connectivity index (χ3n) is 4.37. The minimum Gasteiger partial charge on any atom is -0.359 e. The molecule has 2 aromatic carbocycles. The fourth-order valence-corrected chi connectivity index (χ4v) is 2.97. The predicted molar refractivity (Wildman–Crippen MR) is 105 cm³/mol. The van der Waals surface area contributed by atoms with E-state index in [1.54, 1.807) is 23.9 Å². The van der Waals surface area contributed by atoms with Crippen molar-refractivity contribution in [3.63, 3.8) is 0 Å². The number of rotatable bonds is 5. The predicted octanol–water partition coefficient (Wildman–Crippen LogP) is 3.03. The molecule has 2 N–H and O–H groups in total. The van der Waals surface area contributed by atoms with Crippen molar-refractivity contribution in [2.75, 3.05) is 12.4 Å². The summed E-state index contributed by atoms with van der Waals surface area (Å²) in [6.45, 7) is 3.71. The van der Waals surface area contributed by atoms with Crippen molar-refractivity contribution in [1.82, 2.24) is 15.1 Å². The van der Waals surface area contributed by atoms with Crippen LogP contribution in [0.4, 0.5) is 5.69 Å². The van der Waals surface area contributed by atoms with Gasteiger partial charge in [-0.25, -0.2) is 4.68 Å². The monoisotopic (exact) mass is 362 g/mol. The third-order valence-corrected chi connectivity index (χ3v) is 4.37. The smallest absolute Gasteiger partial charge is 0.259 e. The van der Waals surface area contributed by atoms with Gasteiger partial charge in [-0.05, 0) is 43.7 Å². The molecule has 3 aromatic rings. The first-order chi connectivity index (χ1) is 13.0. The van der Waals surface area contributed by atoms with Gasteiger partial charge in [0.05, 0.1) is 29.1 Å².